The number of piperidine rings is 2. The van der Waals surface area contributed by atoms with Gasteiger partial charge in [0.15, 0.2) is 0 Å². The van der Waals surface area contributed by atoms with Crippen LogP contribution in [0.4, 0.5) is 0 Å². The Hall–Kier alpha value is 0.230. The van der Waals surface area contributed by atoms with E-state index >= 15 is 0 Å². The highest BCUT2D eigenvalue weighted by atomic mass is 32.2. The third kappa shape index (κ3) is 3.18. The Labute approximate surface area is 128 Å². The van der Waals surface area contributed by atoms with E-state index in [0.717, 1.165) is 12.6 Å². The third-order valence-electron chi connectivity index (χ3n) is 5.72. The minimum atomic E-state index is 0.329. The van der Waals surface area contributed by atoms with Crippen LogP contribution in [0.15, 0.2) is 0 Å². The molecule has 0 aromatic carbocycles. The zero-order valence-corrected chi connectivity index (χ0v) is 13.7. The number of hydrogen-bond donors (Lipinski definition) is 1. The van der Waals surface area contributed by atoms with Gasteiger partial charge in [-0.05, 0) is 57.4 Å². The average Bonchev–Trinajstić information content (AvgIpc) is 2.56. The highest BCUT2D eigenvalue weighted by Crippen LogP contribution is 2.34. The summed E-state index contributed by atoms with van der Waals surface area (Å²) < 4.78 is 0. The fourth-order valence-electron chi connectivity index (χ4n) is 4.37. The van der Waals surface area contributed by atoms with Gasteiger partial charge in [-0.3, -0.25) is 4.90 Å². The number of likely N-dealkylation sites (tertiary alicyclic amines) is 2. The van der Waals surface area contributed by atoms with Crippen molar-refractivity contribution in [3.05, 3.63) is 0 Å². The molecule has 0 aromatic rings. The number of nitrogens with zero attached hydrogens (tertiary/aromatic N) is 2. The van der Waals surface area contributed by atoms with Crippen molar-refractivity contribution in [1.82, 2.24) is 9.80 Å². The quantitative estimate of drug-likeness (QED) is 0.865. The molecule has 3 heterocycles. The summed E-state index contributed by atoms with van der Waals surface area (Å²) in [5, 5.41) is 0. The second-order valence-electron chi connectivity index (χ2n) is 6.90. The average molecular weight is 298 g/mol. The van der Waals surface area contributed by atoms with Crippen molar-refractivity contribution < 1.29 is 0 Å². The third-order valence-corrected chi connectivity index (χ3v) is 7.04. The zero-order valence-electron chi connectivity index (χ0n) is 12.9. The molecule has 3 aliphatic rings. The van der Waals surface area contributed by atoms with Gasteiger partial charge in [-0.2, -0.15) is 11.8 Å². The first-order valence-corrected chi connectivity index (χ1v) is 9.76. The molecule has 0 amide bonds. The Morgan fingerprint density at radius 3 is 2.35 bits per heavy atom. The maximum Gasteiger partial charge on any atom is 0.0422 e. The molecule has 3 rings (SSSR count). The minimum absolute atomic E-state index is 0.329. The van der Waals surface area contributed by atoms with Crippen LogP contribution in [0, 0.1) is 0 Å². The van der Waals surface area contributed by atoms with Crippen LogP contribution >= 0.6 is 11.8 Å². The minimum Gasteiger partial charge on any atom is -0.329 e. The molecule has 2 N–H and O–H groups in total. The topological polar surface area (TPSA) is 32.5 Å². The predicted molar refractivity (Wildman–Crippen MR) is 88.4 cm³/mol. The molecule has 20 heavy (non-hydrogen) atoms. The van der Waals surface area contributed by atoms with Crippen molar-refractivity contribution in [3.8, 4) is 0 Å². The molecule has 0 aromatic heterocycles. The van der Waals surface area contributed by atoms with E-state index in [1.54, 1.807) is 0 Å². The van der Waals surface area contributed by atoms with Gasteiger partial charge in [0.25, 0.3) is 0 Å². The number of rotatable bonds is 3. The van der Waals surface area contributed by atoms with Gasteiger partial charge in [-0.25, -0.2) is 0 Å². The molecule has 0 radical (unpaired) electrons. The summed E-state index contributed by atoms with van der Waals surface area (Å²) in [4.78, 5) is 5.52. The Morgan fingerprint density at radius 1 is 1.00 bits per heavy atom. The van der Waals surface area contributed by atoms with Crippen molar-refractivity contribution in [2.45, 2.75) is 56.5 Å². The first-order chi connectivity index (χ1) is 9.84. The molecule has 3 saturated heterocycles. The van der Waals surface area contributed by atoms with Gasteiger partial charge in [0.2, 0.25) is 0 Å². The second kappa shape index (κ2) is 6.99. The van der Waals surface area contributed by atoms with Crippen LogP contribution in [0.2, 0.25) is 0 Å². The van der Waals surface area contributed by atoms with E-state index in [1.807, 2.05) is 0 Å². The monoisotopic (exact) mass is 297 g/mol. The lowest BCUT2D eigenvalue weighted by molar-refractivity contribution is 0.0337. The van der Waals surface area contributed by atoms with Gasteiger partial charge in [0.05, 0.1) is 0 Å². The summed E-state index contributed by atoms with van der Waals surface area (Å²) in [6.07, 6.45) is 9.70. The molecule has 0 aliphatic carbocycles. The standard InChI is InChI=1S/C16H31N3S/c17-13-16(7-4-12-20-14-16)19-10-5-15(6-11-19)18-8-2-1-3-9-18/h15H,1-14,17H2. The van der Waals surface area contributed by atoms with Crippen LogP contribution in [0.1, 0.15) is 44.9 Å². The molecule has 0 bridgehead atoms. The van der Waals surface area contributed by atoms with Gasteiger partial charge >= 0.3 is 0 Å². The highest BCUT2D eigenvalue weighted by Gasteiger charge is 2.39. The lowest BCUT2D eigenvalue weighted by Crippen LogP contribution is -2.60. The molecule has 3 nitrogen and oxygen atoms in total. The molecule has 0 spiro atoms. The normalized spacial score (nSPS) is 35.2. The fraction of sp³-hybridized carbons (Fsp3) is 1.00. The van der Waals surface area contributed by atoms with E-state index in [-0.39, 0.29) is 0 Å². The van der Waals surface area contributed by atoms with Crippen LogP contribution in [-0.4, -0.2) is 65.6 Å². The predicted octanol–water partition coefficient (Wildman–Crippen LogP) is 2.16. The number of hydrogen-bond acceptors (Lipinski definition) is 4. The van der Waals surface area contributed by atoms with Crippen LogP contribution in [-0.2, 0) is 0 Å². The molecule has 116 valence electrons. The Bertz CT molecular complexity index is 290. The molecular formula is C16H31N3S. The van der Waals surface area contributed by atoms with Gasteiger partial charge in [-0.15, -0.1) is 0 Å². The molecule has 0 saturated carbocycles. The van der Waals surface area contributed by atoms with Crippen LogP contribution in [0.3, 0.4) is 0 Å². The van der Waals surface area contributed by atoms with Gasteiger partial charge in [0, 0.05) is 37.0 Å². The largest absolute Gasteiger partial charge is 0.329 e. The van der Waals surface area contributed by atoms with Crippen LogP contribution < -0.4 is 5.73 Å². The summed E-state index contributed by atoms with van der Waals surface area (Å²) in [6.45, 7) is 6.11. The van der Waals surface area contributed by atoms with Gasteiger partial charge < -0.3 is 10.6 Å². The Kier molecular flexibility index (Phi) is 5.29. The highest BCUT2D eigenvalue weighted by molar-refractivity contribution is 7.99. The van der Waals surface area contributed by atoms with E-state index in [2.05, 4.69) is 21.6 Å². The van der Waals surface area contributed by atoms with Crippen LogP contribution in [0.25, 0.3) is 0 Å². The maximum atomic E-state index is 6.18. The summed E-state index contributed by atoms with van der Waals surface area (Å²) in [6, 6.07) is 0.859. The van der Waals surface area contributed by atoms with E-state index < -0.39 is 0 Å². The van der Waals surface area contributed by atoms with E-state index in [9.17, 15) is 0 Å². The molecule has 1 unspecified atom stereocenters. The first kappa shape index (κ1) is 15.1. The van der Waals surface area contributed by atoms with Crippen molar-refractivity contribution in [2.24, 2.45) is 5.73 Å². The van der Waals surface area contributed by atoms with E-state index in [1.165, 1.54) is 82.6 Å². The summed E-state index contributed by atoms with van der Waals surface area (Å²) in [5.41, 5.74) is 6.51. The first-order valence-electron chi connectivity index (χ1n) is 8.61. The fourth-order valence-corrected chi connectivity index (χ4v) is 5.68. The van der Waals surface area contributed by atoms with E-state index in [4.69, 9.17) is 5.73 Å². The van der Waals surface area contributed by atoms with Gasteiger partial charge in [0.1, 0.15) is 0 Å². The lowest BCUT2D eigenvalue weighted by Gasteiger charge is -2.50. The molecule has 4 heteroatoms. The van der Waals surface area contributed by atoms with Crippen molar-refractivity contribution >= 4 is 11.8 Å². The Morgan fingerprint density at radius 2 is 1.75 bits per heavy atom. The van der Waals surface area contributed by atoms with Crippen molar-refractivity contribution in [1.29, 1.82) is 0 Å². The molecule has 3 fully saturated rings. The second-order valence-corrected chi connectivity index (χ2v) is 8.00. The number of thioether (sulfide) groups is 1. The number of nitrogens with two attached hydrogens (primary N) is 1. The molecular weight excluding hydrogens is 266 g/mol. The lowest BCUT2D eigenvalue weighted by atomic mass is 9.89. The van der Waals surface area contributed by atoms with Crippen LogP contribution in [0.5, 0.6) is 0 Å². The summed E-state index contributed by atoms with van der Waals surface area (Å²) in [7, 11) is 0. The summed E-state index contributed by atoms with van der Waals surface area (Å²) in [5.74, 6) is 2.60. The molecule has 3 aliphatic heterocycles. The van der Waals surface area contributed by atoms with Crippen molar-refractivity contribution in [2.75, 3.05) is 44.2 Å². The van der Waals surface area contributed by atoms with Gasteiger partial charge in [-0.1, -0.05) is 6.42 Å². The molecule has 1 atom stereocenters. The maximum absolute atomic E-state index is 6.18. The smallest absolute Gasteiger partial charge is 0.0422 e. The van der Waals surface area contributed by atoms with E-state index in [0.29, 0.717) is 5.54 Å². The SMILES string of the molecule is NCC1(N2CCC(N3CCCCC3)CC2)CCCSC1. The zero-order chi connectivity index (χ0) is 13.8. The Balaban J connectivity index is 1.54. The summed E-state index contributed by atoms with van der Waals surface area (Å²) >= 11 is 2.12. The van der Waals surface area contributed by atoms with Crippen molar-refractivity contribution in [3.63, 3.8) is 0 Å².